The van der Waals surface area contributed by atoms with E-state index in [-0.39, 0.29) is 0 Å². The normalized spacial score (nSPS) is 23.7. The number of benzene rings is 1. The second kappa shape index (κ2) is 6.83. The zero-order chi connectivity index (χ0) is 15.5. The van der Waals surface area contributed by atoms with E-state index in [4.69, 9.17) is 4.74 Å². The van der Waals surface area contributed by atoms with Crippen LogP contribution in [0.3, 0.4) is 0 Å². The Morgan fingerprint density at radius 3 is 2.43 bits per heavy atom. The molecule has 0 aliphatic heterocycles. The highest BCUT2D eigenvalue weighted by atomic mass is 16.5. The Hall–Kier alpha value is -1.02. The van der Waals surface area contributed by atoms with Crippen molar-refractivity contribution in [1.29, 1.82) is 0 Å². The van der Waals surface area contributed by atoms with Gasteiger partial charge in [0.2, 0.25) is 0 Å². The Balaban J connectivity index is 2.07. The number of aryl methyl sites for hydroxylation is 2. The van der Waals surface area contributed by atoms with Crippen molar-refractivity contribution < 1.29 is 4.74 Å². The fourth-order valence-electron chi connectivity index (χ4n) is 3.67. The highest BCUT2D eigenvalue weighted by molar-refractivity contribution is 5.34. The molecule has 2 heteroatoms. The van der Waals surface area contributed by atoms with E-state index >= 15 is 0 Å². The zero-order valence-corrected chi connectivity index (χ0v) is 14.3. The van der Waals surface area contributed by atoms with Gasteiger partial charge in [0, 0.05) is 17.9 Å². The van der Waals surface area contributed by atoms with Gasteiger partial charge in [-0.25, -0.2) is 0 Å². The SMILES string of the molecule is CCCNC1CC(Oc2ccc(C)c(C)c2)C1(CC)CC. The Morgan fingerprint density at radius 2 is 1.86 bits per heavy atom. The molecular formula is C19H31NO. The molecule has 1 N–H and O–H groups in total. The number of ether oxygens (including phenoxy) is 1. The second-order valence-corrected chi connectivity index (χ2v) is 6.54. The van der Waals surface area contributed by atoms with Gasteiger partial charge in [0.15, 0.2) is 0 Å². The highest BCUT2D eigenvalue weighted by Crippen LogP contribution is 2.49. The number of rotatable bonds is 7. The molecule has 0 bridgehead atoms. The summed E-state index contributed by atoms with van der Waals surface area (Å²) in [7, 11) is 0. The maximum absolute atomic E-state index is 6.35. The summed E-state index contributed by atoms with van der Waals surface area (Å²) in [4.78, 5) is 0. The minimum atomic E-state index is 0.300. The number of hydrogen-bond acceptors (Lipinski definition) is 2. The molecule has 0 saturated heterocycles. The van der Waals surface area contributed by atoms with Crippen LogP contribution in [0.4, 0.5) is 0 Å². The van der Waals surface area contributed by atoms with Crippen LogP contribution >= 0.6 is 0 Å². The monoisotopic (exact) mass is 289 g/mol. The third-order valence-electron chi connectivity index (χ3n) is 5.50. The van der Waals surface area contributed by atoms with Crippen LogP contribution in [0.2, 0.25) is 0 Å². The molecule has 1 saturated carbocycles. The predicted molar refractivity (Wildman–Crippen MR) is 90.0 cm³/mol. The van der Waals surface area contributed by atoms with Gasteiger partial charge in [0.05, 0.1) is 0 Å². The molecule has 0 spiro atoms. The number of hydrogen-bond donors (Lipinski definition) is 1. The lowest BCUT2D eigenvalue weighted by Gasteiger charge is -2.55. The van der Waals surface area contributed by atoms with Gasteiger partial charge in [0.25, 0.3) is 0 Å². The van der Waals surface area contributed by atoms with Crippen molar-refractivity contribution >= 4 is 0 Å². The van der Waals surface area contributed by atoms with E-state index in [0.717, 1.165) is 18.7 Å². The molecule has 1 aliphatic carbocycles. The van der Waals surface area contributed by atoms with E-state index in [9.17, 15) is 0 Å². The van der Waals surface area contributed by atoms with Crippen LogP contribution < -0.4 is 10.1 Å². The molecule has 0 amide bonds. The van der Waals surface area contributed by atoms with Crippen molar-refractivity contribution in [3.05, 3.63) is 29.3 Å². The van der Waals surface area contributed by atoms with Gasteiger partial charge in [0.1, 0.15) is 11.9 Å². The Labute approximate surface area is 130 Å². The topological polar surface area (TPSA) is 21.3 Å². The molecular weight excluding hydrogens is 258 g/mol. The summed E-state index contributed by atoms with van der Waals surface area (Å²) in [6.07, 6.45) is 5.04. The van der Waals surface area contributed by atoms with E-state index in [1.807, 2.05) is 0 Å². The van der Waals surface area contributed by atoms with Gasteiger partial charge in [-0.2, -0.15) is 0 Å². The Kier molecular flexibility index (Phi) is 5.32. The van der Waals surface area contributed by atoms with Gasteiger partial charge in [-0.15, -0.1) is 0 Å². The van der Waals surface area contributed by atoms with Gasteiger partial charge in [-0.05, 0) is 62.9 Å². The third-order valence-corrected chi connectivity index (χ3v) is 5.50. The summed E-state index contributed by atoms with van der Waals surface area (Å²) in [6.45, 7) is 12.3. The van der Waals surface area contributed by atoms with Crippen molar-refractivity contribution in [3.8, 4) is 5.75 Å². The lowest BCUT2D eigenvalue weighted by molar-refractivity contribution is -0.0858. The van der Waals surface area contributed by atoms with Gasteiger partial charge in [-0.3, -0.25) is 0 Å². The summed E-state index contributed by atoms with van der Waals surface area (Å²) >= 11 is 0. The molecule has 21 heavy (non-hydrogen) atoms. The van der Waals surface area contributed by atoms with Crippen LogP contribution in [0.5, 0.6) is 5.75 Å². The molecule has 2 rings (SSSR count). The first kappa shape index (κ1) is 16.4. The molecule has 0 radical (unpaired) electrons. The molecule has 1 aliphatic rings. The van der Waals surface area contributed by atoms with Crippen molar-refractivity contribution in [1.82, 2.24) is 5.32 Å². The average Bonchev–Trinajstić information content (AvgIpc) is 2.47. The smallest absolute Gasteiger partial charge is 0.120 e. The largest absolute Gasteiger partial charge is 0.490 e. The molecule has 118 valence electrons. The van der Waals surface area contributed by atoms with Gasteiger partial charge < -0.3 is 10.1 Å². The first-order valence-corrected chi connectivity index (χ1v) is 8.54. The summed E-state index contributed by atoms with van der Waals surface area (Å²) in [5, 5.41) is 3.72. The lowest BCUT2D eigenvalue weighted by Crippen LogP contribution is -2.64. The van der Waals surface area contributed by atoms with Crippen LogP contribution in [0.25, 0.3) is 0 Å². The maximum atomic E-state index is 6.35. The minimum absolute atomic E-state index is 0.300. The molecule has 0 aromatic heterocycles. The summed E-state index contributed by atoms with van der Waals surface area (Å²) < 4.78 is 6.35. The Morgan fingerprint density at radius 1 is 1.14 bits per heavy atom. The molecule has 2 atom stereocenters. The second-order valence-electron chi connectivity index (χ2n) is 6.54. The first-order chi connectivity index (χ1) is 10.1. The van der Waals surface area contributed by atoms with Crippen LogP contribution in [0.1, 0.15) is 57.6 Å². The quantitative estimate of drug-likeness (QED) is 0.790. The summed E-state index contributed by atoms with van der Waals surface area (Å²) in [5.41, 5.74) is 2.94. The van der Waals surface area contributed by atoms with Crippen molar-refractivity contribution in [2.45, 2.75) is 72.4 Å². The fraction of sp³-hybridized carbons (Fsp3) is 0.684. The van der Waals surface area contributed by atoms with E-state index in [0.29, 0.717) is 17.6 Å². The minimum Gasteiger partial charge on any atom is -0.490 e. The van der Waals surface area contributed by atoms with E-state index < -0.39 is 0 Å². The summed E-state index contributed by atoms with van der Waals surface area (Å²) in [6, 6.07) is 7.07. The zero-order valence-electron chi connectivity index (χ0n) is 14.3. The van der Waals surface area contributed by atoms with Crippen LogP contribution in [0, 0.1) is 19.3 Å². The standard InChI is InChI=1S/C19H31NO/c1-6-11-20-17-13-18(19(17,7-2)8-3)21-16-10-9-14(4)15(5)12-16/h9-10,12,17-18,20H,6-8,11,13H2,1-5H3. The van der Waals surface area contributed by atoms with E-state index in [1.54, 1.807) is 0 Å². The van der Waals surface area contributed by atoms with Gasteiger partial charge >= 0.3 is 0 Å². The fourth-order valence-corrected chi connectivity index (χ4v) is 3.67. The molecule has 2 nitrogen and oxygen atoms in total. The highest BCUT2D eigenvalue weighted by Gasteiger charge is 2.53. The molecule has 0 heterocycles. The van der Waals surface area contributed by atoms with Crippen molar-refractivity contribution in [2.75, 3.05) is 6.54 Å². The average molecular weight is 289 g/mol. The van der Waals surface area contributed by atoms with Crippen molar-refractivity contribution in [3.63, 3.8) is 0 Å². The molecule has 2 unspecified atom stereocenters. The number of nitrogens with one attached hydrogen (secondary N) is 1. The van der Waals surface area contributed by atoms with Crippen LogP contribution in [-0.2, 0) is 0 Å². The molecule has 1 aromatic rings. The predicted octanol–water partition coefficient (Wildman–Crippen LogP) is 4.63. The van der Waals surface area contributed by atoms with Crippen molar-refractivity contribution in [2.24, 2.45) is 5.41 Å². The van der Waals surface area contributed by atoms with Gasteiger partial charge in [-0.1, -0.05) is 26.8 Å². The van der Waals surface area contributed by atoms with Crippen LogP contribution in [-0.4, -0.2) is 18.7 Å². The maximum Gasteiger partial charge on any atom is 0.120 e. The van der Waals surface area contributed by atoms with E-state index in [2.05, 4.69) is 58.1 Å². The molecule has 1 fully saturated rings. The summed E-state index contributed by atoms with van der Waals surface area (Å²) in [5.74, 6) is 1.03. The lowest BCUT2D eigenvalue weighted by atomic mass is 9.58. The first-order valence-electron chi connectivity index (χ1n) is 8.54. The van der Waals surface area contributed by atoms with E-state index in [1.165, 1.54) is 30.4 Å². The third kappa shape index (κ3) is 3.11. The Bertz CT molecular complexity index is 465. The van der Waals surface area contributed by atoms with Crippen LogP contribution in [0.15, 0.2) is 18.2 Å². The molecule has 1 aromatic carbocycles.